The average molecular weight is 702 g/mol. The van der Waals surface area contributed by atoms with Gasteiger partial charge in [-0.05, 0) is 90.1 Å². The van der Waals surface area contributed by atoms with Crippen molar-refractivity contribution in [3.8, 4) is 0 Å². The van der Waals surface area contributed by atoms with Gasteiger partial charge in [0.25, 0.3) is 0 Å². The molecule has 2 aliphatic rings. The second-order valence-electron chi connectivity index (χ2n) is 15.4. The minimum absolute atomic E-state index is 0.174. The van der Waals surface area contributed by atoms with Gasteiger partial charge in [-0.2, -0.15) is 4.58 Å². The number of rotatable bonds is 9. The van der Waals surface area contributed by atoms with Gasteiger partial charge in [0.05, 0.1) is 5.41 Å². The first-order valence-corrected chi connectivity index (χ1v) is 19.2. The molecule has 2 unspecified atom stereocenters. The molecule has 0 amide bonds. The number of anilines is 1. The highest BCUT2D eigenvalue weighted by molar-refractivity contribution is 6.08. The fourth-order valence-electron chi connectivity index (χ4n) is 9.22. The smallest absolute Gasteiger partial charge is 0.210 e. The lowest BCUT2D eigenvalue weighted by atomic mass is 9.73. The molecule has 0 aliphatic carbocycles. The Morgan fingerprint density at radius 2 is 1.19 bits per heavy atom. The molecule has 2 nitrogen and oxygen atoms in total. The maximum atomic E-state index is 2.41. The van der Waals surface area contributed by atoms with Gasteiger partial charge in [-0.25, -0.2) is 0 Å². The Bertz CT molecular complexity index is 2550. The van der Waals surface area contributed by atoms with Gasteiger partial charge in [-0.3, -0.25) is 0 Å². The molecule has 0 saturated carbocycles. The summed E-state index contributed by atoms with van der Waals surface area (Å²) < 4.78 is 2.39. The molecule has 0 spiro atoms. The molecular formula is C52H49N2+. The molecular weight excluding hydrogens is 653 g/mol. The molecule has 6 aromatic carbocycles. The largest absolute Gasteiger partial charge is 0.347 e. The highest BCUT2D eigenvalue weighted by atomic mass is 15.2. The van der Waals surface area contributed by atoms with E-state index < -0.39 is 0 Å². The lowest BCUT2D eigenvalue weighted by molar-refractivity contribution is -0.401. The Morgan fingerprint density at radius 1 is 0.611 bits per heavy atom. The van der Waals surface area contributed by atoms with Gasteiger partial charge in [0, 0.05) is 41.6 Å². The van der Waals surface area contributed by atoms with Crippen molar-refractivity contribution in [1.29, 1.82) is 0 Å². The Labute approximate surface area is 321 Å². The standard InChI is InChI=1S/C52H49N2/c1-38(20-12-18-30-47-51(2,36-39-22-8-6-9-23-39)49-43-28-16-14-26-41(43)32-34-45(49)53(47)4)21-13-19-31-48-52(3,37-40-24-10-7-11-25-40)50-44-29-17-15-27-42(44)33-35-46(50)54(48)5/h6-35H,36-37H2,1-5H3/q+1. The summed E-state index contributed by atoms with van der Waals surface area (Å²) in [6.45, 7) is 6.99. The summed E-state index contributed by atoms with van der Waals surface area (Å²) in [6, 6.07) is 48.5. The van der Waals surface area contributed by atoms with E-state index in [9.17, 15) is 0 Å². The summed E-state index contributed by atoms with van der Waals surface area (Å²) >= 11 is 0. The fraction of sp³-hybridized carbons (Fsp3) is 0.173. The van der Waals surface area contributed by atoms with E-state index in [0.717, 1.165) is 12.8 Å². The van der Waals surface area contributed by atoms with Crippen LogP contribution in [0.4, 0.5) is 11.4 Å². The number of hydrogen-bond acceptors (Lipinski definition) is 1. The third kappa shape index (κ3) is 6.26. The van der Waals surface area contributed by atoms with Crippen molar-refractivity contribution in [2.75, 3.05) is 19.0 Å². The molecule has 0 radical (unpaired) electrons. The van der Waals surface area contributed by atoms with Crippen LogP contribution < -0.4 is 4.90 Å². The van der Waals surface area contributed by atoms with E-state index in [1.54, 1.807) is 0 Å². The number of nitrogens with zero attached hydrogens (tertiary/aromatic N) is 2. The molecule has 0 aromatic heterocycles. The van der Waals surface area contributed by atoms with E-state index in [1.807, 2.05) is 0 Å². The van der Waals surface area contributed by atoms with Crippen LogP contribution in [-0.2, 0) is 23.7 Å². The minimum atomic E-state index is -0.174. The summed E-state index contributed by atoms with van der Waals surface area (Å²) in [5.74, 6) is 0. The number of likely N-dealkylation sites (N-methyl/N-ethyl adjacent to an activating group) is 1. The molecule has 2 atom stereocenters. The Balaban J connectivity index is 1.05. The first-order valence-electron chi connectivity index (χ1n) is 19.2. The first-order chi connectivity index (χ1) is 26.3. The Hall–Kier alpha value is -5.99. The van der Waals surface area contributed by atoms with E-state index in [0.29, 0.717) is 0 Å². The second-order valence-corrected chi connectivity index (χ2v) is 15.4. The summed E-state index contributed by atoms with van der Waals surface area (Å²) in [6.07, 6.45) is 19.6. The molecule has 0 bridgehead atoms. The monoisotopic (exact) mass is 701 g/mol. The summed E-state index contributed by atoms with van der Waals surface area (Å²) in [5.41, 5.74) is 11.6. The van der Waals surface area contributed by atoms with Crippen LogP contribution in [0.25, 0.3) is 21.5 Å². The zero-order chi connectivity index (χ0) is 37.3. The zero-order valence-corrected chi connectivity index (χ0v) is 32.1. The van der Waals surface area contributed by atoms with Crippen molar-refractivity contribution in [3.05, 3.63) is 216 Å². The van der Waals surface area contributed by atoms with Crippen molar-refractivity contribution in [2.24, 2.45) is 0 Å². The van der Waals surface area contributed by atoms with Crippen LogP contribution in [0.15, 0.2) is 193 Å². The lowest BCUT2D eigenvalue weighted by Crippen LogP contribution is -2.33. The van der Waals surface area contributed by atoms with Gasteiger partial charge in [-0.15, -0.1) is 0 Å². The number of benzene rings is 6. The maximum Gasteiger partial charge on any atom is 0.210 e. The molecule has 2 heterocycles. The third-order valence-electron chi connectivity index (χ3n) is 11.7. The maximum absolute atomic E-state index is 2.41. The van der Waals surface area contributed by atoms with Gasteiger partial charge in [-0.1, -0.05) is 157 Å². The first kappa shape index (κ1) is 35.1. The van der Waals surface area contributed by atoms with Crippen LogP contribution >= 0.6 is 0 Å². The molecule has 54 heavy (non-hydrogen) atoms. The van der Waals surface area contributed by atoms with Crippen molar-refractivity contribution in [1.82, 2.24) is 0 Å². The van der Waals surface area contributed by atoms with E-state index in [-0.39, 0.29) is 10.8 Å². The predicted molar refractivity (Wildman–Crippen MR) is 231 cm³/mol. The Morgan fingerprint density at radius 3 is 1.85 bits per heavy atom. The topological polar surface area (TPSA) is 6.25 Å². The normalized spacial score (nSPS) is 20.8. The van der Waals surface area contributed by atoms with Crippen LogP contribution in [0.3, 0.4) is 0 Å². The Kier molecular flexibility index (Phi) is 9.38. The SMILES string of the molecule is CC(C=CC=CC1=[N+](C)c2ccc3ccccc3c2C1(C)Cc1ccccc1)=CC=CC=C1N(C)c2ccc3ccccc3c2C1(C)Cc1ccccc1. The highest BCUT2D eigenvalue weighted by Crippen LogP contribution is 2.52. The third-order valence-corrected chi connectivity index (χ3v) is 11.7. The van der Waals surface area contributed by atoms with Gasteiger partial charge >= 0.3 is 0 Å². The number of hydrogen-bond donors (Lipinski definition) is 0. The van der Waals surface area contributed by atoms with Crippen molar-refractivity contribution in [3.63, 3.8) is 0 Å². The summed E-state index contributed by atoms with van der Waals surface area (Å²) in [7, 11) is 4.43. The van der Waals surface area contributed by atoms with E-state index in [2.05, 4.69) is 226 Å². The van der Waals surface area contributed by atoms with E-state index >= 15 is 0 Å². The van der Waals surface area contributed by atoms with Crippen molar-refractivity contribution < 1.29 is 4.58 Å². The minimum Gasteiger partial charge on any atom is -0.347 e. The molecule has 0 fully saturated rings. The summed E-state index contributed by atoms with van der Waals surface area (Å²) in [5, 5.41) is 5.25. The number of fused-ring (bicyclic) bond motifs is 6. The predicted octanol–water partition coefficient (Wildman–Crippen LogP) is 12.4. The average Bonchev–Trinajstić information content (AvgIpc) is 3.54. The molecule has 2 aliphatic heterocycles. The van der Waals surface area contributed by atoms with Gasteiger partial charge in [0.15, 0.2) is 5.71 Å². The van der Waals surface area contributed by atoms with Crippen LogP contribution in [0.2, 0.25) is 0 Å². The fourth-order valence-corrected chi connectivity index (χ4v) is 9.22. The summed E-state index contributed by atoms with van der Waals surface area (Å²) in [4.78, 5) is 2.39. The quantitative estimate of drug-likeness (QED) is 0.107. The van der Waals surface area contributed by atoms with Crippen LogP contribution in [-0.4, -0.2) is 24.4 Å². The highest BCUT2D eigenvalue weighted by Gasteiger charge is 2.48. The molecule has 266 valence electrons. The van der Waals surface area contributed by atoms with Crippen molar-refractivity contribution >= 4 is 38.6 Å². The number of allylic oxidation sites excluding steroid dienone is 10. The zero-order valence-electron chi connectivity index (χ0n) is 32.1. The molecule has 0 saturated heterocycles. The molecule has 6 aromatic rings. The van der Waals surface area contributed by atoms with Crippen LogP contribution in [0.1, 0.15) is 43.0 Å². The van der Waals surface area contributed by atoms with Gasteiger partial charge in [0.1, 0.15) is 7.05 Å². The van der Waals surface area contributed by atoms with E-state index in [4.69, 9.17) is 0 Å². The molecule has 2 heteroatoms. The molecule has 0 N–H and O–H groups in total. The van der Waals surface area contributed by atoms with Crippen LogP contribution in [0.5, 0.6) is 0 Å². The van der Waals surface area contributed by atoms with Crippen molar-refractivity contribution in [2.45, 2.75) is 44.4 Å². The lowest BCUT2D eigenvalue weighted by Gasteiger charge is -2.29. The second kappa shape index (κ2) is 14.4. The molecule has 8 rings (SSSR count). The van der Waals surface area contributed by atoms with Gasteiger partial charge < -0.3 is 4.90 Å². The van der Waals surface area contributed by atoms with E-state index in [1.165, 1.54) is 72.2 Å². The van der Waals surface area contributed by atoms with Gasteiger partial charge in [0.2, 0.25) is 5.69 Å². The van der Waals surface area contributed by atoms with Crippen LogP contribution in [0, 0.1) is 0 Å².